The molecule has 1 saturated carbocycles. The van der Waals surface area contributed by atoms with Crippen LogP contribution in [-0.4, -0.2) is 12.1 Å². The van der Waals surface area contributed by atoms with E-state index >= 15 is 0 Å². The molecule has 3 rings (SSSR count). The molecule has 1 fully saturated rings. The van der Waals surface area contributed by atoms with E-state index in [0.29, 0.717) is 6.04 Å². The molecule has 0 aliphatic heterocycles. The van der Waals surface area contributed by atoms with Crippen LogP contribution in [-0.2, 0) is 6.54 Å². The molecule has 1 atom stereocenters. The SMILES string of the molecule is CCC(C)Oc1ccc2ccccc2c1CNC1CCCC1. The minimum atomic E-state index is 0.256. The Hall–Kier alpha value is -1.54. The van der Waals surface area contributed by atoms with E-state index in [-0.39, 0.29) is 6.10 Å². The van der Waals surface area contributed by atoms with Crippen LogP contribution in [0, 0.1) is 0 Å². The zero-order valence-electron chi connectivity index (χ0n) is 13.8. The predicted octanol–water partition coefficient (Wildman–Crippen LogP) is 5.05. The summed E-state index contributed by atoms with van der Waals surface area (Å²) in [7, 11) is 0. The molecule has 2 aromatic carbocycles. The van der Waals surface area contributed by atoms with E-state index in [1.165, 1.54) is 42.0 Å². The van der Waals surface area contributed by atoms with Gasteiger partial charge in [-0.15, -0.1) is 0 Å². The number of benzene rings is 2. The first-order valence-electron chi connectivity index (χ1n) is 8.68. The molecule has 2 aromatic rings. The summed E-state index contributed by atoms with van der Waals surface area (Å²) in [4.78, 5) is 0. The Labute approximate surface area is 133 Å². The van der Waals surface area contributed by atoms with Crippen molar-refractivity contribution in [2.24, 2.45) is 0 Å². The van der Waals surface area contributed by atoms with Gasteiger partial charge < -0.3 is 10.1 Å². The molecule has 0 amide bonds. The summed E-state index contributed by atoms with van der Waals surface area (Å²) in [6, 6.07) is 13.6. The fourth-order valence-corrected chi connectivity index (χ4v) is 3.29. The van der Waals surface area contributed by atoms with E-state index < -0.39 is 0 Å². The van der Waals surface area contributed by atoms with Gasteiger partial charge in [-0.25, -0.2) is 0 Å². The van der Waals surface area contributed by atoms with Crippen molar-refractivity contribution < 1.29 is 4.74 Å². The van der Waals surface area contributed by atoms with Gasteiger partial charge in [0.25, 0.3) is 0 Å². The van der Waals surface area contributed by atoms with Crippen molar-refractivity contribution in [1.29, 1.82) is 0 Å². The average Bonchev–Trinajstić information content (AvgIpc) is 3.07. The molecule has 0 radical (unpaired) electrons. The van der Waals surface area contributed by atoms with Gasteiger partial charge in [0.2, 0.25) is 0 Å². The highest BCUT2D eigenvalue weighted by Gasteiger charge is 2.16. The zero-order valence-corrected chi connectivity index (χ0v) is 13.8. The third-order valence-electron chi connectivity index (χ3n) is 4.82. The highest BCUT2D eigenvalue weighted by molar-refractivity contribution is 5.87. The van der Waals surface area contributed by atoms with Crippen molar-refractivity contribution >= 4 is 10.8 Å². The third kappa shape index (κ3) is 3.44. The van der Waals surface area contributed by atoms with E-state index in [1.54, 1.807) is 0 Å². The molecule has 1 unspecified atom stereocenters. The molecule has 2 nitrogen and oxygen atoms in total. The Morgan fingerprint density at radius 3 is 2.68 bits per heavy atom. The van der Waals surface area contributed by atoms with Crippen LogP contribution in [0.4, 0.5) is 0 Å². The van der Waals surface area contributed by atoms with Crippen LogP contribution < -0.4 is 10.1 Å². The lowest BCUT2D eigenvalue weighted by atomic mass is 10.0. The summed E-state index contributed by atoms with van der Waals surface area (Å²) in [5.74, 6) is 1.04. The van der Waals surface area contributed by atoms with Gasteiger partial charge in [-0.05, 0) is 43.0 Å². The lowest BCUT2D eigenvalue weighted by Gasteiger charge is -2.20. The molecule has 0 aromatic heterocycles. The molecule has 0 spiro atoms. The minimum Gasteiger partial charge on any atom is -0.490 e. The number of rotatable bonds is 6. The first-order valence-corrected chi connectivity index (χ1v) is 8.68. The van der Waals surface area contributed by atoms with E-state index in [0.717, 1.165) is 18.7 Å². The first-order chi connectivity index (χ1) is 10.8. The number of hydrogen-bond donors (Lipinski definition) is 1. The maximum Gasteiger partial charge on any atom is 0.124 e. The molecular formula is C20H27NO. The minimum absolute atomic E-state index is 0.256. The molecule has 118 valence electrons. The molecule has 0 heterocycles. The molecule has 1 aliphatic carbocycles. The van der Waals surface area contributed by atoms with Gasteiger partial charge in [-0.3, -0.25) is 0 Å². The van der Waals surface area contributed by atoms with Crippen LogP contribution in [0.3, 0.4) is 0 Å². The predicted molar refractivity (Wildman–Crippen MR) is 93.4 cm³/mol. The van der Waals surface area contributed by atoms with E-state index in [2.05, 4.69) is 55.6 Å². The second-order valence-corrected chi connectivity index (χ2v) is 6.46. The lowest BCUT2D eigenvalue weighted by Crippen LogP contribution is -2.26. The van der Waals surface area contributed by atoms with E-state index in [4.69, 9.17) is 4.74 Å². The summed E-state index contributed by atoms with van der Waals surface area (Å²) in [6.07, 6.45) is 6.64. The Balaban J connectivity index is 1.89. The number of ether oxygens (including phenoxy) is 1. The van der Waals surface area contributed by atoms with Crippen molar-refractivity contribution in [2.75, 3.05) is 0 Å². The summed E-state index contributed by atoms with van der Waals surface area (Å²) in [6.45, 7) is 5.21. The van der Waals surface area contributed by atoms with Crippen molar-refractivity contribution in [2.45, 2.75) is 64.6 Å². The molecule has 1 N–H and O–H groups in total. The second kappa shape index (κ2) is 7.15. The second-order valence-electron chi connectivity index (χ2n) is 6.46. The van der Waals surface area contributed by atoms with Crippen LogP contribution in [0.15, 0.2) is 36.4 Å². The van der Waals surface area contributed by atoms with Gasteiger partial charge in [0.05, 0.1) is 6.10 Å². The molecule has 22 heavy (non-hydrogen) atoms. The molecule has 2 heteroatoms. The Morgan fingerprint density at radius 2 is 1.91 bits per heavy atom. The smallest absolute Gasteiger partial charge is 0.124 e. The monoisotopic (exact) mass is 297 g/mol. The first kappa shape index (κ1) is 15.4. The van der Waals surface area contributed by atoms with Crippen LogP contribution >= 0.6 is 0 Å². The largest absolute Gasteiger partial charge is 0.490 e. The van der Waals surface area contributed by atoms with Crippen LogP contribution in [0.1, 0.15) is 51.5 Å². The van der Waals surface area contributed by atoms with E-state index in [1.807, 2.05) is 0 Å². The van der Waals surface area contributed by atoms with Gasteiger partial charge in [-0.2, -0.15) is 0 Å². The van der Waals surface area contributed by atoms with Gasteiger partial charge in [0.1, 0.15) is 5.75 Å². The van der Waals surface area contributed by atoms with Crippen molar-refractivity contribution in [3.8, 4) is 5.75 Å². The summed E-state index contributed by atoms with van der Waals surface area (Å²) < 4.78 is 6.18. The van der Waals surface area contributed by atoms with Crippen LogP contribution in [0.5, 0.6) is 5.75 Å². The van der Waals surface area contributed by atoms with Gasteiger partial charge >= 0.3 is 0 Å². The normalized spacial score (nSPS) is 17.0. The van der Waals surface area contributed by atoms with Crippen LogP contribution in [0.25, 0.3) is 10.8 Å². The molecule has 0 bridgehead atoms. The zero-order chi connectivity index (χ0) is 15.4. The Kier molecular flexibility index (Phi) is 4.99. The number of nitrogens with one attached hydrogen (secondary N) is 1. The number of hydrogen-bond acceptors (Lipinski definition) is 2. The maximum absolute atomic E-state index is 6.18. The van der Waals surface area contributed by atoms with Crippen molar-refractivity contribution in [3.63, 3.8) is 0 Å². The number of fused-ring (bicyclic) bond motifs is 1. The van der Waals surface area contributed by atoms with Gasteiger partial charge in [0, 0.05) is 18.2 Å². The highest BCUT2D eigenvalue weighted by Crippen LogP contribution is 2.30. The fraction of sp³-hybridized carbons (Fsp3) is 0.500. The molecule has 1 aliphatic rings. The van der Waals surface area contributed by atoms with Crippen molar-refractivity contribution in [1.82, 2.24) is 5.32 Å². The van der Waals surface area contributed by atoms with Crippen LogP contribution in [0.2, 0.25) is 0 Å². The fourth-order valence-electron chi connectivity index (χ4n) is 3.29. The van der Waals surface area contributed by atoms with Gasteiger partial charge in [0.15, 0.2) is 0 Å². The standard InChI is InChI=1S/C20H27NO/c1-3-15(2)22-20-13-12-16-8-4-7-11-18(16)19(20)14-21-17-9-5-6-10-17/h4,7-8,11-13,15,17,21H,3,5-6,9-10,14H2,1-2H3. The molecule has 0 saturated heterocycles. The average molecular weight is 297 g/mol. The maximum atomic E-state index is 6.18. The summed E-state index contributed by atoms with van der Waals surface area (Å²) in [5.41, 5.74) is 1.31. The summed E-state index contributed by atoms with van der Waals surface area (Å²) in [5, 5.41) is 6.35. The summed E-state index contributed by atoms with van der Waals surface area (Å²) >= 11 is 0. The van der Waals surface area contributed by atoms with E-state index in [9.17, 15) is 0 Å². The quantitative estimate of drug-likeness (QED) is 0.805. The Bertz CT molecular complexity index is 616. The highest BCUT2D eigenvalue weighted by atomic mass is 16.5. The van der Waals surface area contributed by atoms with Crippen molar-refractivity contribution in [3.05, 3.63) is 42.0 Å². The lowest BCUT2D eigenvalue weighted by molar-refractivity contribution is 0.215. The Morgan fingerprint density at radius 1 is 1.14 bits per heavy atom. The molecular weight excluding hydrogens is 270 g/mol. The van der Waals surface area contributed by atoms with Gasteiger partial charge in [-0.1, -0.05) is 50.1 Å². The third-order valence-corrected chi connectivity index (χ3v) is 4.82. The topological polar surface area (TPSA) is 21.3 Å².